The van der Waals surface area contributed by atoms with Crippen molar-refractivity contribution in [2.45, 2.75) is 20.0 Å². The first-order chi connectivity index (χ1) is 13.4. The number of nitrogens with zero attached hydrogens (tertiary/aromatic N) is 2. The van der Waals surface area contributed by atoms with Gasteiger partial charge in [-0.1, -0.05) is 35.3 Å². The van der Waals surface area contributed by atoms with Crippen LogP contribution in [0.1, 0.15) is 24.2 Å². The standard InChI is InChI=1S/C21H24Cl2N2O3/c1-14(2)28-20-17(23)12-15(13-19(20)27-3)21(26)25-10-8-24(9-11-25)18-7-5-4-6-16(18)22/h4-7,12-14H,8-11H2,1-3H3. The van der Waals surface area contributed by atoms with Crippen LogP contribution in [0.2, 0.25) is 10.0 Å². The van der Waals surface area contributed by atoms with Crippen LogP contribution in [-0.2, 0) is 0 Å². The molecule has 0 unspecified atom stereocenters. The van der Waals surface area contributed by atoms with Crippen LogP contribution in [0.25, 0.3) is 0 Å². The minimum absolute atomic E-state index is 0.0501. The van der Waals surface area contributed by atoms with Crippen molar-refractivity contribution in [3.63, 3.8) is 0 Å². The predicted molar refractivity (Wildman–Crippen MR) is 113 cm³/mol. The number of hydrogen-bond donors (Lipinski definition) is 0. The lowest BCUT2D eigenvalue weighted by Gasteiger charge is -2.36. The van der Waals surface area contributed by atoms with E-state index in [9.17, 15) is 4.79 Å². The van der Waals surface area contributed by atoms with Crippen LogP contribution < -0.4 is 14.4 Å². The highest BCUT2D eigenvalue weighted by Gasteiger charge is 2.25. The van der Waals surface area contributed by atoms with E-state index in [0.717, 1.165) is 23.8 Å². The molecule has 3 rings (SSSR count). The molecule has 150 valence electrons. The van der Waals surface area contributed by atoms with Crippen LogP contribution in [-0.4, -0.2) is 50.2 Å². The first-order valence-electron chi connectivity index (χ1n) is 9.23. The first kappa shape index (κ1) is 20.6. The quantitative estimate of drug-likeness (QED) is 0.696. The molecule has 0 aliphatic carbocycles. The summed E-state index contributed by atoms with van der Waals surface area (Å²) in [4.78, 5) is 17.0. The fourth-order valence-corrected chi connectivity index (χ4v) is 3.75. The van der Waals surface area contributed by atoms with Crippen LogP contribution in [0.5, 0.6) is 11.5 Å². The minimum Gasteiger partial charge on any atom is -0.493 e. The summed E-state index contributed by atoms with van der Waals surface area (Å²) in [6.07, 6.45) is -0.0501. The lowest BCUT2D eigenvalue weighted by atomic mass is 10.1. The van der Waals surface area contributed by atoms with Crippen molar-refractivity contribution in [1.82, 2.24) is 4.90 Å². The number of methoxy groups -OCH3 is 1. The van der Waals surface area contributed by atoms with Crippen LogP contribution >= 0.6 is 23.2 Å². The van der Waals surface area contributed by atoms with Gasteiger partial charge < -0.3 is 19.3 Å². The predicted octanol–water partition coefficient (Wildman–Crippen LogP) is 4.75. The Morgan fingerprint density at radius 1 is 1.04 bits per heavy atom. The van der Waals surface area contributed by atoms with Gasteiger partial charge in [0.15, 0.2) is 11.5 Å². The normalized spacial score (nSPS) is 14.4. The molecule has 7 heteroatoms. The number of carbonyl (C=O) groups excluding carboxylic acids is 1. The van der Waals surface area contributed by atoms with E-state index in [2.05, 4.69) is 4.90 Å². The molecule has 0 bridgehead atoms. The Kier molecular flexibility index (Phi) is 6.57. The van der Waals surface area contributed by atoms with Crippen molar-refractivity contribution >= 4 is 34.8 Å². The van der Waals surface area contributed by atoms with Crippen molar-refractivity contribution in [1.29, 1.82) is 0 Å². The smallest absolute Gasteiger partial charge is 0.254 e. The average Bonchev–Trinajstić information content (AvgIpc) is 2.69. The van der Waals surface area contributed by atoms with Gasteiger partial charge in [0.05, 0.1) is 28.9 Å². The SMILES string of the molecule is COc1cc(C(=O)N2CCN(c3ccccc3Cl)CC2)cc(Cl)c1OC(C)C. The van der Waals surface area contributed by atoms with E-state index in [1.54, 1.807) is 12.1 Å². The summed E-state index contributed by atoms with van der Waals surface area (Å²) in [6.45, 7) is 6.47. The van der Waals surface area contributed by atoms with E-state index in [0.29, 0.717) is 35.2 Å². The summed E-state index contributed by atoms with van der Waals surface area (Å²) in [5.74, 6) is 0.841. The topological polar surface area (TPSA) is 42.0 Å². The van der Waals surface area contributed by atoms with E-state index in [1.807, 2.05) is 43.0 Å². The largest absolute Gasteiger partial charge is 0.493 e. The highest BCUT2D eigenvalue weighted by molar-refractivity contribution is 6.33. The Hall–Kier alpha value is -2.11. The van der Waals surface area contributed by atoms with Crippen LogP contribution in [0.3, 0.4) is 0 Å². The number of piperazine rings is 1. The number of anilines is 1. The molecule has 1 aliphatic heterocycles. The maximum Gasteiger partial charge on any atom is 0.254 e. The van der Waals surface area contributed by atoms with E-state index < -0.39 is 0 Å². The molecule has 1 saturated heterocycles. The minimum atomic E-state index is -0.0740. The fourth-order valence-electron chi connectivity index (χ4n) is 3.23. The molecule has 0 N–H and O–H groups in total. The molecule has 28 heavy (non-hydrogen) atoms. The number of para-hydroxylation sites is 1. The van der Waals surface area contributed by atoms with Gasteiger partial charge in [0.1, 0.15) is 0 Å². The molecule has 2 aromatic rings. The second-order valence-electron chi connectivity index (χ2n) is 6.89. The van der Waals surface area contributed by atoms with Gasteiger partial charge in [0.25, 0.3) is 5.91 Å². The summed E-state index contributed by atoms with van der Waals surface area (Å²) >= 11 is 12.7. The van der Waals surface area contributed by atoms with Gasteiger partial charge in [-0.3, -0.25) is 4.79 Å². The lowest BCUT2D eigenvalue weighted by molar-refractivity contribution is 0.0746. The molecule has 1 amide bonds. The second-order valence-corrected chi connectivity index (χ2v) is 7.70. The van der Waals surface area contributed by atoms with Gasteiger partial charge in [-0.25, -0.2) is 0 Å². The second kappa shape index (κ2) is 8.93. The molecule has 0 radical (unpaired) electrons. The Labute approximate surface area is 175 Å². The van der Waals surface area contributed by atoms with Crippen LogP contribution in [0.4, 0.5) is 5.69 Å². The average molecular weight is 423 g/mol. The number of ether oxygens (including phenoxy) is 2. The number of rotatable bonds is 5. The van der Waals surface area contributed by atoms with Gasteiger partial charge >= 0.3 is 0 Å². The van der Waals surface area contributed by atoms with E-state index in [-0.39, 0.29) is 12.0 Å². The highest BCUT2D eigenvalue weighted by atomic mass is 35.5. The third kappa shape index (κ3) is 4.47. The Morgan fingerprint density at radius 3 is 2.32 bits per heavy atom. The first-order valence-corrected chi connectivity index (χ1v) is 9.99. The number of amides is 1. The lowest BCUT2D eigenvalue weighted by Crippen LogP contribution is -2.48. The number of halogens is 2. The maximum absolute atomic E-state index is 13.0. The maximum atomic E-state index is 13.0. The summed E-state index contributed by atoms with van der Waals surface area (Å²) < 4.78 is 11.1. The zero-order valence-electron chi connectivity index (χ0n) is 16.2. The number of hydrogen-bond acceptors (Lipinski definition) is 4. The van der Waals surface area contributed by atoms with Crippen molar-refractivity contribution in [2.24, 2.45) is 0 Å². The zero-order valence-corrected chi connectivity index (χ0v) is 17.8. The van der Waals surface area contributed by atoms with Gasteiger partial charge in [0.2, 0.25) is 0 Å². The molecule has 1 heterocycles. The third-order valence-corrected chi connectivity index (χ3v) is 5.19. The molecular formula is C21H24Cl2N2O3. The molecule has 2 aromatic carbocycles. The van der Waals surface area contributed by atoms with E-state index >= 15 is 0 Å². The number of benzene rings is 2. The van der Waals surface area contributed by atoms with Crippen LogP contribution in [0.15, 0.2) is 36.4 Å². The molecule has 0 spiro atoms. The monoisotopic (exact) mass is 422 g/mol. The molecule has 5 nitrogen and oxygen atoms in total. The fraction of sp³-hybridized carbons (Fsp3) is 0.381. The van der Waals surface area contributed by atoms with Crippen LogP contribution in [0, 0.1) is 0 Å². The van der Waals surface area contributed by atoms with Gasteiger partial charge in [-0.15, -0.1) is 0 Å². The van der Waals surface area contributed by atoms with Crippen molar-refractivity contribution in [3.05, 3.63) is 52.0 Å². The summed E-state index contributed by atoms with van der Waals surface area (Å²) in [5, 5.41) is 1.09. The van der Waals surface area contributed by atoms with Gasteiger partial charge in [-0.2, -0.15) is 0 Å². The van der Waals surface area contributed by atoms with Gasteiger partial charge in [-0.05, 0) is 38.1 Å². The third-order valence-electron chi connectivity index (χ3n) is 4.59. The molecule has 0 atom stereocenters. The molecule has 0 saturated carbocycles. The van der Waals surface area contributed by atoms with Gasteiger partial charge in [0, 0.05) is 31.7 Å². The van der Waals surface area contributed by atoms with Crippen molar-refractivity contribution < 1.29 is 14.3 Å². The molecule has 1 aliphatic rings. The summed E-state index contributed by atoms with van der Waals surface area (Å²) in [6, 6.07) is 11.1. The molecular weight excluding hydrogens is 399 g/mol. The Morgan fingerprint density at radius 2 is 1.71 bits per heavy atom. The van der Waals surface area contributed by atoms with E-state index in [1.165, 1.54) is 7.11 Å². The zero-order chi connectivity index (χ0) is 20.3. The molecule has 0 aromatic heterocycles. The van der Waals surface area contributed by atoms with E-state index in [4.69, 9.17) is 32.7 Å². The van der Waals surface area contributed by atoms with Crippen molar-refractivity contribution in [3.8, 4) is 11.5 Å². The summed E-state index contributed by atoms with van der Waals surface area (Å²) in [5.41, 5.74) is 1.49. The number of carbonyl (C=O) groups is 1. The Bertz CT molecular complexity index is 850. The summed E-state index contributed by atoms with van der Waals surface area (Å²) in [7, 11) is 1.54. The molecule has 1 fully saturated rings. The highest BCUT2D eigenvalue weighted by Crippen LogP contribution is 2.37. The van der Waals surface area contributed by atoms with Crippen molar-refractivity contribution in [2.75, 3.05) is 38.2 Å². The Balaban J connectivity index is 1.73.